The van der Waals surface area contributed by atoms with Crippen molar-refractivity contribution in [2.75, 3.05) is 19.6 Å². The number of aliphatic imine (C=N–C) groups is 1. The Labute approximate surface area is 131 Å². The van der Waals surface area contributed by atoms with Gasteiger partial charge in [0.25, 0.3) is 0 Å². The summed E-state index contributed by atoms with van der Waals surface area (Å²) in [5.41, 5.74) is 8.33. The predicted octanol–water partition coefficient (Wildman–Crippen LogP) is 2.47. The van der Waals surface area contributed by atoms with E-state index >= 15 is 0 Å². The average Bonchev–Trinajstić information content (AvgIpc) is 2.95. The lowest BCUT2D eigenvalue weighted by molar-refractivity contribution is 0.277. The van der Waals surface area contributed by atoms with Gasteiger partial charge in [-0.25, -0.2) is 4.98 Å². The van der Waals surface area contributed by atoms with Crippen molar-refractivity contribution < 1.29 is 0 Å². The number of fused-ring (bicyclic) bond motifs is 1. The maximum atomic E-state index is 6.10. The van der Waals surface area contributed by atoms with E-state index in [4.69, 9.17) is 5.73 Å². The number of hydrogen-bond donors (Lipinski definition) is 1. The van der Waals surface area contributed by atoms with Crippen LogP contribution in [0.2, 0.25) is 0 Å². The van der Waals surface area contributed by atoms with E-state index in [2.05, 4.69) is 32.4 Å². The molecule has 5 nitrogen and oxygen atoms in total. The maximum Gasteiger partial charge on any atom is 0.191 e. The van der Waals surface area contributed by atoms with Gasteiger partial charge in [0.15, 0.2) is 5.96 Å². The summed E-state index contributed by atoms with van der Waals surface area (Å²) < 4.78 is 2.18. The molecule has 0 amide bonds. The summed E-state index contributed by atoms with van der Waals surface area (Å²) in [4.78, 5) is 11.2. The van der Waals surface area contributed by atoms with Crippen LogP contribution in [0, 0.1) is 5.92 Å². The quantitative estimate of drug-likeness (QED) is 0.536. The summed E-state index contributed by atoms with van der Waals surface area (Å²) in [6, 6.07) is 8.21. The Morgan fingerprint density at radius 2 is 2.09 bits per heavy atom. The van der Waals surface area contributed by atoms with E-state index in [1.165, 1.54) is 18.4 Å². The Morgan fingerprint density at radius 3 is 2.91 bits per heavy atom. The van der Waals surface area contributed by atoms with Gasteiger partial charge in [-0.3, -0.25) is 4.99 Å². The summed E-state index contributed by atoms with van der Waals surface area (Å²) in [5.74, 6) is 1.53. The number of imidazole rings is 1. The van der Waals surface area contributed by atoms with E-state index in [9.17, 15) is 0 Å². The highest BCUT2D eigenvalue weighted by atomic mass is 15.3. The number of nitrogens with two attached hydrogens (primary N) is 1. The second kappa shape index (κ2) is 6.81. The smallest absolute Gasteiger partial charge is 0.191 e. The van der Waals surface area contributed by atoms with Gasteiger partial charge >= 0.3 is 0 Å². The van der Waals surface area contributed by atoms with E-state index in [0.717, 1.165) is 44.0 Å². The Bertz CT molecular complexity index is 637. The van der Waals surface area contributed by atoms with Gasteiger partial charge < -0.3 is 15.2 Å². The lowest BCUT2D eigenvalue weighted by Gasteiger charge is -2.31. The van der Waals surface area contributed by atoms with Crippen molar-refractivity contribution >= 4 is 17.0 Å². The second-order valence-corrected chi connectivity index (χ2v) is 6.19. The zero-order valence-electron chi connectivity index (χ0n) is 13.3. The molecule has 1 aliphatic heterocycles. The topological polar surface area (TPSA) is 59.4 Å². The molecule has 2 heterocycles. The molecule has 1 aromatic carbocycles. The first-order valence-corrected chi connectivity index (χ1v) is 8.19. The molecule has 0 aliphatic carbocycles. The van der Waals surface area contributed by atoms with Crippen molar-refractivity contribution in [1.82, 2.24) is 14.5 Å². The van der Waals surface area contributed by atoms with Crippen LogP contribution in [-0.2, 0) is 6.54 Å². The molecular formula is C17H25N5. The van der Waals surface area contributed by atoms with Gasteiger partial charge in [-0.2, -0.15) is 0 Å². The summed E-state index contributed by atoms with van der Waals surface area (Å²) in [6.07, 6.45) is 5.32. The summed E-state index contributed by atoms with van der Waals surface area (Å²) in [7, 11) is 0. The molecule has 118 valence electrons. The first-order chi connectivity index (χ1) is 10.7. The van der Waals surface area contributed by atoms with Crippen LogP contribution in [0.15, 0.2) is 35.6 Å². The van der Waals surface area contributed by atoms with Gasteiger partial charge in [0.05, 0.1) is 17.4 Å². The molecule has 1 aromatic heterocycles. The van der Waals surface area contributed by atoms with Crippen molar-refractivity contribution in [3.05, 3.63) is 30.6 Å². The van der Waals surface area contributed by atoms with Crippen LogP contribution in [0.25, 0.3) is 11.0 Å². The van der Waals surface area contributed by atoms with Crippen molar-refractivity contribution in [1.29, 1.82) is 0 Å². The van der Waals surface area contributed by atoms with Gasteiger partial charge in [0.2, 0.25) is 0 Å². The van der Waals surface area contributed by atoms with Crippen LogP contribution in [0.5, 0.6) is 0 Å². The Hall–Kier alpha value is -2.04. The minimum atomic E-state index is 0.711. The SMILES string of the molecule is CC1CCN(C(N)=NCCCn2cnc3ccccc32)CC1. The molecule has 0 atom stereocenters. The first-order valence-electron chi connectivity index (χ1n) is 8.19. The molecule has 1 saturated heterocycles. The van der Waals surface area contributed by atoms with Crippen LogP contribution in [-0.4, -0.2) is 40.0 Å². The lowest BCUT2D eigenvalue weighted by atomic mass is 10.00. The molecule has 1 fully saturated rings. The molecular weight excluding hydrogens is 274 g/mol. The third-order valence-corrected chi connectivity index (χ3v) is 4.47. The predicted molar refractivity (Wildman–Crippen MR) is 90.8 cm³/mol. The van der Waals surface area contributed by atoms with E-state index in [1.807, 2.05) is 24.5 Å². The Kier molecular flexibility index (Phi) is 4.61. The first kappa shape index (κ1) is 14.9. The number of hydrogen-bond acceptors (Lipinski definition) is 2. The van der Waals surface area contributed by atoms with Crippen molar-refractivity contribution in [3.63, 3.8) is 0 Å². The molecule has 2 aromatic rings. The highest BCUT2D eigenvalue weighted by molar-refractivity contribution is 5.78. The third kappa shape index (κ3) is 3.40. The molecule has 3 rings (SSSR count). The number of rotatable bonds is 4. The number of benzene rings is 1. The lowest BCUT2D eigenvalue weighted by Crippen LogP contribution is -2.42. The van der Waals surface area contributed by atoms with Gasteiger partial charge in [-0.1, -0.05) is 19.1 Å². The minimum Gasteiger partial charge on any atom is -0.370 e. The molecule has 0 unspecified atom stereocenters. The number of guanidine groups is 1. The normalized spacial score (nSPS) is 17.3. The van der Waals surface area contributed by atoms with Crippen molar-refractivity contribution in [3.8, 4) is 0 Å². The number of nitrogens with zero attached hydrogens (tertiary/aromatic N) is 4. The maximum absolute atomic E-state index is 6.10. The third-order valence-electron chi connectivity index (χ3n) is 4.47. The highest BCUT2D eigenvalue weighted by Crippen LogP contribution is 2.15. The minimum absolute atomic E-state index is 0.711. The largest absolute Gasteiger partial charge is 0.370 e. The van der Waals surface area contributed by atoms with E-state index in [-0.39, 0.29) is 0 Å². The van der Waals surface area contributed by atoms with Gasteiger partial charge in [0.1, 0.15) is 0 Å². The molecule has 0 radical (unpaired) electrons. The molecule has 2 N–H and O–H groups in total. The monoisotopic (exact) mass is 299 g/mol. The number of piperidine rings is 1. The number of para-hydroxylation sites is 2. The standard InChI is InChI=1S/C17H25N5/c1-14-7-11-21(12-8-14)17(18)19-9-4-10-22-13-20-15-5-2-3-6-16(15)22/h2-3,5-6,13-14H,4,7-12H2,1H3,(H2,18,19). The fourth-order valence-corrected chi connectivity index (χ4v) is 2.96. The Morgan fingerprint density at radius 1 is 1.32 bits per heavy atom. The van der Waals surface area contributed by atoms with Gasteiger partial charge in [-0.15, -0.1) is 0 Å². The van der Waals surface area contributed by atoms with E-state index < -0.39 is 0 Å². The zero-order valence-corrected chi connectivity index (χ0v) is 13.3. The van der Waals surface area contributed by atoms with Gasteiger partial charge in [-0.05, 0) is 37.3 Å². The summed E-state index contributed by atoms with van der Waals surface area (Å²) in [6.45, 7) is 6.09. The molecule has 0 saturated carbocycles. The van der Waals surface area contributed by atoms with Gasteiger partial charge in [0, 0.05) is 26.2 Å². The summed E-state index contributed by atoms with van der Waals surface area (Å²) in [5, 5.41) is 0. The van der Waals surface area contributed by atoms with Crippen LogP contribution in [0.4, 0.5) is 0 Å². The number of likely N-dealkylation sites (tertiary alicyclic amines) is 1. The fraction of sp³-hybridized carbons (Fsp3) is 0.529. The average molecular weight is 299 g/mol. The summed E-state index contributed by atoms with van der Waals surface area (Å²) >= 11 is 0. The molecule has 0 bridgehead atoms. The van der Waals surface area contributed by atoms with Crippen molar-refractivity contribution in [2.24, 2.45) is 16.6 Å². The van der Waals surface area contributed by atoms with E-state index in [0.29, 0.717) is 5.96 Å². The number of aryl methyl sites for hydroxylation is 1. The van der Waals surface area contributed by atoms with Crippen LogP contribution in [0.3, 0.4) is 0 Å². The van der Waals surface area contributed by atoms with E-state index in [1.54, 1.807) is 0 Å². The fourth-order valence-electron chi connectivity index (χ4n) is 2.96. The van der Waals surface area contributed by atoms with Crippen LogP contribution in [0.1, 0.15) is 26.2 Å². The zero-order chi connectivity index (χ0) is 15.4. The molecule has 1 aliphatic rings. The molecule has 5 heteroatoms. The van der Waals surface area contributed by atoms with Crippen molar-refractivity contribution in [2.45, 2.75) is 32.7 Å². The number of aromatic nitrogens is 2. The molecule has 0 spiro atoms. The highest BCUT2D eigenvalue weighted by Gasteiger charge is 2.16. The molecule has 22 heavy (non-hydrogen) atoms. The van der Waals surface area contributed by atoms with Crippen LogP contribution < -0.4 is 5.73 Å². The second-order valence-electron chi connectivity index (χ2n) is 6.19. The van der Waals surface area contributed by atoms with Crippen LogP contribution >= 0.6 is 0 Å². The Balaban J connectivity index is 1.49.